The fourth-order valence-electron chi connectivity index (χ4n) is 5.35. The lowest BCUT2D eigenvalue weighted by Gasteiger charge is -2.35. The van der Waals surface area contributed by atoms with Gasteiger partial charge in [0.15, 0.2) is 0 Å². The normalized spacial score (nSPS) is 18.8. The zero-order valence-electron chi connectivity index (χ0n) is 20.6. The molecule has 8 heteroatoms. The van der Waals surface area contributed by atoms with Crippen LogP contribution in [0.2, 0.25) is 0 Å². The van der Waals surface area contributed by atoms with Gasteiger partial charge in [-0.15, -0.1) is 12.4 Å². The molecule has 2 aliphatic rings. The minimum atomic E-state index is -0.117. The standard InChI is InChI=1S/C26H35N5O2.ClH/c1-5-23(31-10-12-33-13-11-31)25(32)30(4)18-7-6-17-14-21(27-20(17)15-18)24-19-8-9-26(2,3)16-22(19)28-29-24;/h6-7,14-15,23,27H,5,8-13,16H2,1-4H3,(H,28,29);1H. The topological polar surface area (TPSA) is 77.2 Å². The molecule has 0 bridgehead atoms. The molecule has 0 spiro atoms. The van der Waals surface area contributed by atoms with E-state index in [0.717, 1.165) is 60.3 Å². The van der Waals surface area contributed by atoms with E-state index in [1.807, 2.05) is 13.1 Å². The van der Waals surface area contributed by atoms with E-state index < -0.39 is 0 Å². The Balaban J connectivity index is 0.00000274. The highest BCUT2D eigenvalue weighted by molar-refractivity contribution is 5.99. The van der Waals surface area contributed by atoms with E-state index in [0.29, 0.717) is 18.6 Å². The van der Waals surface area contributed by atoms with Crippen molar-refractivity contribution in [3.05, 3.63) is 35.5 Å². The van der Waals surface area contributed by atoms with Gasteiger partial charge in [-0.2, -0.15) is 5.10 Å². The number of fused-ring (bicyclic) bond motifs is 2. The predicted molar refractivity (Wildman–Crippen MR) is 139 cm³/mol. The molecule has 184 valence electrons. The number of aromatic nitrogens is 3. The molecule has 1 unspecified atom stereocenters. The fourth-order valence-corrected chi connectivity index (χ4v) is 5.35. The van der Waals surface area contributed by atoms with Crippen molar-refractivity contribution in [1.82, 2.24) is 20.1 Å². The third-order valence-corrected chi connectivity index (χ3v) is 7.40. The second-order valence-corrected chi connectivity index (χ2v) is 10.3. The summed E-state index contributed by atoms with van der Waals surface area (Å²) < 4.78 is 5.47. The summed E-state index contributed by atoms with van der Waals surface area (Å²) >= 11 is 0. The summed E-state index contributed by atoms with van der Waals surface area (Å²) in [7, 11) is 1.88. The highest BCUT2D eigenvalue weighted by atomic mass is 35.5. The maximum Gasteiger partial charge on any atom is 0.244 e. The Morgan fingerprint density at radius 2 is 2.03 bits per heavy atom. The molecule has 34 heavy (non-hydrogen) atoms. The highest BCUT2D eigenvalue weighted by Crippen LogP contribution is 2.38. The number of benzene rings is 1. The summed E-state index contributed by atoms with van der Waals surface area (Å²) in [5.41, 5.74) is 6.91. The molecule has 2 N–H and O–H groups in total. The summed E-state index contributed by atoms with van der Waals surface area (Å²) in [6, 6.07) is 8.25. The van der Waals surface area contributed by atoms with Gasteiger partial charge in [-0.25, -0.2) is 0 Å². The number of nitrogens with one attached hydrogen (secondary N) is 2. The average molecular weight is 486 g/mol. The van der Waals surface area contributed by atoms with Crippen molar-refractivity contribution >= 4 is 34.9 Å². The van der Waals surface area contributed by atoms with Gasteiger partial charge >= 0.3 is 0 Å². The van der Waals surface area contributed by atoms with Crippen LogP contribution in [0.25, 0.3) is 22.3 Å². The van der Waals surface area contributed by atoms with E-state index >= 15 is 0 Å². The molecule has 1 saturated heterocycles. The molecule has 1 aromatic carbocycles. The molecule has 0 radical (unpaired) electrons. The zero-order valence-corrected chi connectivity index (χ0v) is 21.4. The number of carbonyl (C=O) groups excluding carboxylic acids is 1. The van der Waals surface area contributed by atoms with Gasteiger partial charge in [0.2, 0.25) is 5.91 Å². The van der Waals surface area contributed by atoms with Crippen LogP contribution in [0.4, 0.5) is 5.69 Å². The number of halogens is 1. The van der Waals surface area contributed by atoms with Crippen molar-refractivity contribution in [2.75, 3.05) is 38.3 Å². The third kappa shape index (κ3) is 4.61. The van der Waals surface area contributed by atoms with Crippen molar-refractivity contribution in [3.63, 3.8) is 0 Å². The SMILES string of the molecule is CCC(C(=O)N(C)c1ccc2cc(-c3n[nH]c4c3CCC(C)(C)C4)[nH]c2c1)N1CCOCC1.Cl. The van der Waals surface area contributed by atoms with Gasteiger partial charge in [-0.3, -0.25) is 14.8 Å². The number of rotatable bonds is 5. The van der Waals surface area contributed by atoms with Crippen molar-refractivity contribution in [1.29, 1.82) is 0 Å². The molecule has 1 aliphatic carbocycles. The number of morpholine rings is 1. The molecule has 1 fully saturated rings. The van der Waals surface area contributed by atoms with Crippen LogP contribution < -0.4 is 4.90 Å². The first kappa shape index (κ1) is 24.8. The van der Waals surface area contributed by atoms with Crippen LogP contribution in [0.15, 0.2) is 24.3 Å². The molecule has 5 rings (SSSR count). The van der Waals surface area contributed by atoms with Crippen LogP contribution in [0.1, 0.15) is 44.9 Å². The Labute approximate surface area is 207 Å². The van der Waals surface area contributed by atoms with E-state index in [1.165, 1.54) is 17.7 Å². The number of ether oxygens (including phenoxy) is 1. The van der Waals surface area contributed by atoms with Crippen LogP contribution in [0.5, 0.6) is 0 Å². The third-order valence-electron chi connectivity index (χ3n) is 7.40. The summed E-state index contributed by atoms with van der Waals surface area (Å²) in [5.74, 6) is 0.134. The van der Waals surface area contributed by atoms with Crippen LogP contribution >= 0.6 is 12.4 Å². The first-order valence-electron chi connectivity index (χ1n) is 12.1. The van der Waals surface area contributed by atoms with Crippen molar-refractivity contribution in [3.8, 4) is 11.4 Å². The van der Waals surface area contributed by atoms with E-state index in [2.05, 4.69) is 59.1 Å². The van der Waals surface area contributed by atoms with Gasteiger partial charge in [0.1, 0.15) is 5.69 Å². The predicted octanol–water partition coefficient (Wildman–Crippen LogP) is 4.57. The largest absolute Gasteiger partial charge is 0.379 e. The second kappa shape index (κ2) is 9.72. The quantitative estimate of drug-likeness (QED) is 0.555. The minimum absolute atomic E-state index is 0. The number of amides is 1. The average Bonchev–Trinajstić information content (AvgIpc) is 3.41. The maximum absolute atomic E-state index is 13.3. The van der Waals surface area contributed by atoms with Crippen LogP contribution in [-0.2, 0) is 22.4 Å². The molecule has 1 amide bonds. The first-order chi connectivity index (χ1) is 15.9. The molecule has 2 aromatic heterocycles. The molecule has 3 heterocycles. The Hall–Kier alpha value is -2.35. The van der Waals surface area contributed by atoms with Crippen LogP contribution in [0.3, 0.4) is 0 Å². The molecule has 1 atom stereocenters. The number of nitrogens with zero attached hydrogens (tertiary/aromatic N) is 3. The van der Waals surface area contributed by atoms with Crippen molar-refractivity contribution in [2.45, 2.75) is 52.5 Å². The molecule has 1 aliphatic heterocycles. The summed E-state index contributed by atoms with van der Waals surface area (Å²) in [6.45, 7) is 9.72. The molecule has 0 saturated carbocycles. The fraction of sp³-hybridized carbons (Fsp3) is 0.538. The Morgan fingerprint density at radius 3 is 2.76 bits per heavy atom. The van der Waals surface area contributed by atoms with Gasteiger partial charge in [-0.05, 0) is 49.3 Å². The number of likely N-dealkylation sites (N-methyl/N-ethyl adjacent to an activating group) is 1. The van der Waals surface area contributed by atoms with Gasteiger partial charge < -0.3 is 14.6 Å². The maximum atomic E-state index is 13.3. The molecular weight excluding hydrogens is 450 g/mol. The van der Waals surface area contributed by atoms with E-state index in [4.69, 9.17) is 4.74 Å². The highest BCUT2D eigenvalue weighted by Gasteiger charge is 2.30. The minimum Gasteiger partial charge on any atom is -0.379 e. The number of H-pyrrole nitrogens is 2. The Kier molecular flexibility index (Phi) is 7.08. The van der Waals surface area contributed by atoms with Crippen LogP contribution in [-0.4, -0.2) is 65.4 Å². The number of hydrogen-bond donors (Lipinski definition) is 2. The van der Waals surface area contributed by atoms with E-state index in [-0.39, 0.29) is 24.4 Å². The lowest BCUT2D eigenvalue weighted by Crippen LogP contribution is -2.51. The monoisotopic (exact) mass is 485 g/mol. The number of anilines is 1. The summed E-state index contributed by atoms with van der Waals surface area (Å²) in [6.07, 6.45) is 4.05. The summed E-state index contributed by atoms with van der Waals surface area (Å²) in [5, 5.41) is 9.07. The van der Waals surface area contributed by atoms with Gasteiger partial charge in [0.25, 0.3) is 0 Å². The van der Waals surface area contributed by atoms with Crippen molar-refractivity contribution < 1.29 is 9.53 Å². The van der Waals surface area contributed by atoms with Gasteiger partial charge in [0, 0.05) is 48.0 Å². The Morgan fingerprint density at radius 1 is 1.26 bits per heavy atom. The summed E-state index contributed by atoms with van der Waals surface area (Å²) in [4.78, 5) is 20.9. The van der Waals surface area contributed by atoms with Crippen LogP contribution in [0, 0.1) is 5.41 Å². The van der Waals surface area contributed by atoms with E-state index in [1.54, 1.807) is 4.90 Å². The number of hydrogen-bond acceptors (Lipinski definition) is 4. The first-order valence-corrected chi connectivity index (χ1v) is 12.1. The smallest absolute Gasteiger partial charge is 0.244 e. The molecule has 3 aromatic rings. The van der Waals surface area contributed by atoms with Crippen molar-refractivity contribution in [2.24, 2.45) is 5.41 Å². The lowest BCUT2D eigenvalue weighted by atomic mass is 9.76. The molecule has 7 nitrogen and oxygen atoms in total. The van der Waals surface area contributed by atoms with Gasteiger partial charge in [0.05, 0.1) is 24.9 Å². The second-order valence-electron chi connectivity index (χ2n) is 10.3. The molecular formula is C26H36ClN5O2. The van der Waals surface area contributed by atoms with Gasteiger partial charge in [-0.1, -0.05) is 26.8 Å². The van der Waals surface area contributed by atoms with E-state index in [9.17, 15) is 4.79 Å². The number of carbonyl (C=O) groups is 1. The number of aromatic amines is 2. The Bertz CT molecular complexity index is 1160. The lowest BCUT2D eigenvalue weighted by molar-refractivity contribution is -0.125. The zero-order chi connectivity index (χ0) is 23.2.